The number of hydrogen-bond acceptors (Lipinski definition) is 3. The molecule has 1 aromatic carbocycles. The van der Waals surface area contributed by atoms with Crippen LogP contribution in [-0.2, 0) is 4.79 Å². The molecule has 0 saturated carbocycles. The van der Waals surface area contributed by atoms with E-state index < -0.39 is 0 Å². The molecule has 0 fully saturated rings. The van der Waals surface area contributed by atoms with E-state index in [1.165, 1.54) is 0 Å². The summed E-state index contributed by atoms with van der Waals surface area (Å²) in [6.45, 7) is 5.12. The average molecular weight is 328 g/mol. The average Bonchev–Trinajstić information content (AvgIpc) is 3.11. The van der Waals surface area contributed by atoms with Crippen LogP contribution in [0.15, 0.2) is 48.8 Å². The molecule has 1 aromatic heterocycles. The molecule has 1 aliphatic heterocycles. The van der Waals surface area contributed by atoms with Crippen molar-refractivity contribution in [3.63, 3.8) is 0 Å². The molecule has 0 bridgehead atoms. The van der Waals surface area contributed by atoms with Crippen molar-refractivity contribution in [3.05, 3.63) is 48.8 Å². The number of nitrogens with zero attached hydrogens (tertiary/aromatic N) is 1. The van der Waals surface area contributed by atoms with Crippen molar-refractivity contribution in [1.29, 1.82) is 0 Å². The Hall–Kier alpha value is -2.43. The van der Waals surface area contributed by atoms with Gasteiger partial charge in [0.05, 0.1) is 6.54 Å². The second kappa shape index (κ2) is 7.43. The summed E-state index contributed by atoms with van der Waals surface area (Å²) in [6.07, 6.45) is 4.49. The summed E-state index contributed by atoms with van der Waals surface area (Å²) in [4.78, 5) is 12.6. The molecule has 5 heteroatoms. The monoisotopic (exact) mass is 328 g/mol. The second-order valence-electron chi connectivity index (χ2n) is 6.52. The number of amides is 1. The molecular formula is C19H24N2O3. The minimum absolute atomic E-state index is 0.0161. The molecule has 0 saturated heterocycles. The van der Waals surface area contributed by atoms with Gasteiger partial charge in [-0.25, -0.2) is 0 Å². The molecule has 1 aliphatic rings. The zero-order chi connectivity index (χ0) is 16.9. The largest absolute Gasteiger partial charge is 0.486 e. The van der Waals surface area contributed by atoms with Gasteiger partial charge in [0.25, 0.3) is 0 Å². The standard InChI is InChI=1S/C19H24N2O3/c1-14(2)11-16(21-9-5-6-10-21)19(22)20-12-15-13-23-17-7-3-4-8-18(17)24-15/h3-10,14-16H,11-13H2,1-2H3,(H,20,22)/t15?,16-/m1/s1. The van der Waals surface area contributed by atoms with Gasteiger partial charge in [0.1, 0.15) is 18.8 Å². The predicted molar refractivity (Wildman–Crippen MR) is 92.3 cm³/mol. The molecule has 24 heavy (non-hydrogen) atoms. The summed E-state index contributed by atoms with van der Waals surface area (Å²) < 4.78 is 13.5. The number of para-hydroxylation sites is 2. The number of rotatable bonds is 6. The lowest BCUT2D eigenvalue weighted by Crippen LogP contribution is -2.43. The third kappa shape index (κ3) is 3.91. The Morgan fingerprint density at radius 1 is 1.21 bits per heavy atom. The summed E-state index contributed by atoms with van der Waals surface area (Å²) in [5.74, 6) is 1.93. The molecule has 2 heterocycles. The minimum atomic E-state index is -0.197. The van der Waals surface area contributed by atoms with Crippen LogP contribution in [-0.4, -0.2) is 29.7 Å². The van der Waals surface area contributed by atoms with E-state index in [9.17, 15) is 4.79 Å². The third-order valence-electron chi connectivity index (χ3n) is 4.06. The van der Waals surface area contributed by atoms with Crippen LogP contribution in [0.4, 0.5) is 0 Å². The zero-order valence-electron chi connectivity index (χ0n) is 14.1. The van der Waals surface area contributed by atoms with Crippen LogP contribution in [0.25, 0.3) is 0 Å². The fraction of sp³-hybridized carbons (Fsp3) is 0.421. The number of fused-ring (bicyclic) bond motifs is 1. The quantitative estimate of drug-likeness (QED) is 0.887. The molecule has 128 valence electrons. The molecule has 3 rings (SSSR count). The lowest BCUT2D eigenvalue weighted by Gasteiger charge is -2.27. The molecule has 0 radical (unpaired) electrons. The fourth-order valence-electron chi connectivity index (χ4n) is 2.86. The third-order valence-corrected chi connectivity index (χ3v) is 4.06. The van der Waals surface area contributed by atoms with E-state index in [0.717, 1.165) is 17.9 Å². The van der Waals surface area contributed by atoms with Gasteiger partial charge in [-0.2, -0.15) is 0 Å². The van der Waals surface area contributed by atoms with Gasteiger partial charge in [-0.05, 0) is 36.6 Å². The van der Waals surface area contributed by atoms with Gasteiger partial charge in [-0.15, -0.1) is 0 Å². The van der Waals surface area contributed by atoms with Crippen LogP contribution >= 0.6 is 0 Å². The molecule has 0 spiro atoms. The number of carbonyl (C=O) groups is 1. The smallest absolute Gasteiger partial charge is 0.243 e. The van der Waals surface area contributed by atoms with Gasteiger partial charge in [0, 0.05) is 12.4 Å². The van der Waals surface area contributed by atoms with Gasteiger partial charge in [0.2, 0.25) is 5.91 Å². The molecular weight excluding hydrogens is 304 g/mol. The highest BCUT2D eigenvalue weighted by molar-refractivity contribution is 5.80. The topological polar surface area (TPSA) is 52.5 Å². The van der Waals surface area contributed by atoms with Crippen LogP contribution < -0.4 is 14.8 Å². The number of nitrogens with one attached hydrogen (secondary N) is 1. The van der Waals surface area contributed by atoms with E-state index in [4.69, 9.17) is 9.47 Å². The van der Waals surface area contributed by atoms with E-state index in [2.05, 4.69) is 19.2 Å². The van der Waals surface area contributed by atoms with Gasteiger partial charge in [-0.3, -0.25) is 4.79 Å². The normalized spacial score (nSPS) is 17.5. The number of benzene rings is 1. The Labute approximate surface area is 142 Å². The SMILES string of the molecule is CC(C)C[C@H](C(=O)NCC1COc2ccccc2O1)n1cccc1. The summed E-state index contributed by atoms with van der Waals surface area (Å²) in [6, 6.07) is 11.3. The van der Waals surface area contributed by atoms with Gasteiger partial charge in [0.15, 0.2) is 11.5 Å². The van der Waals surface area contributed by atoms with Gasteiger partial charge < -0.3 is 19.4 Å². The van der Waals surface area contributed by atoms with E-state index in [1.54, 1.807) is 0 Å². The number of ether oxygens (including phenoxy) is 2. The Bertz CT molecular complexity index is 667. The van der Waals surface area contributed by atoms with Crippen LogP contribution in [0.5, 0.6) is 11.5 Å². The first kappa shape index (κ1) is 16.4. The van der Waals surface area contributed by atoms with Crippen molar-refractivity contribution in [2.24, 2.45) is 5.92 Å². The highest BCUT2D eigenvalue weighted by Gasteiger charge is 2.24. The highest BCUT2D eigenvalue weighted by atomic mass is 16.6. The van der Waals surface area contributed by atoms with Gasteiger partial charge >= 0.3 is 0 Å². The molecule has 5 nitrogen and oxygen atoms in total. The first-order valence-corrected chi connectivity index (χ1v) is 8.42. The minimum Gasteiger partial charge on any atom is -0.486 e. The Morgan fingerprint density at radius 2 is 1.92 bits per heavy atom. The van der Waals surface area contributed by atoms with Crippen molar-refractivity contribution in [1.82, 2.24) is 9.88 Å². The van der Waals surface area contributed by atoms with Crippen molar-refractivity contribution in [2.45, 2.75) is 32.4 Å². The summed E-state index contributed by atoms with van der Waals surface area (Å²) in [7, 11) is 0. The summed E-state index contributed by atoms with van der Waals surface area (Å²) >= 11 is 0. The second-order valence-corrected chi connectivity index (χ2v) is 6.52. The first-order valence-electron chi connectivity index (χ1n) is 8.42. The maximum absolute atomic E-state index is 12.6. The molecule has 1 N–H and O–H groups in total. The highest BCUT2D eigenvalue weighted by Crippen LogP contribution is 2.30. The Morgan fingerprint density at radius 3 is 2.62 bits per heavy atom. The zero-order valence-corrected chi connectivity index (χ0v) is 14.1. The van der Waals surface area contributed by atoms with Crippen LogP contribution in [0.2, 0.25) is 0 Å². The molecule has 0 aliphatic carbocycles. The summed E-state index contributed by atoms with van der Waals surface area (Å²) in [5.41, 5.74) is 0. The molecule has 2 aromatic rings. The molecule has 2 atom stereocenters. The molecule has 1 amide bonds. The van der Waals surface area contributed by atoms with Crippen molar-refractivity contribution in [2.75, 3.05) is 13.2 Å². The van der Waals surface area contributed by atoms with E-state index in [-0.39, 0.29) is 18.1 Å². The summed E-state index contributed by atoms with van der Waals surface area (Å²) in [5, 5.41) is 3.01. The van der Waals surface area contributed by atoms with E-state index >= 15 is 0 Å². The Kier molecular flexibility index (Phi) is 5.08. The maximum Gasteiger partial charge on any atom is 0.243 e. The van der Waals surface area contributed by atoms with E-state index in [0.29, 0.717) is 19.1 Å². The molecule has 1 unspecified atom stereocenters. The van der Waals surface area contributed by atoms with Crippen molar-refractivity contribution >= 4 is 5.91 Å². The Balaban J connectivity index is 1.58. The number of carbonyl (C=O) groups excluding carboxylic acids is 1. The lowest BCUT2D eigenvalue weighted by atomic mass is 10.0. The maximum atomic E-state index is 12.6. The van der Waals surface area contributed by atoms with Crippen LogP contribution in [0.3, 0.4) is 0 Å². The van der Waals surface area contributed by atoms with Crippen molar-refractivity contribution < 1.29 is 14.3 Å². The van der Waals surface area contributed by atoms with Gasteiger partial charge in [-0.1, -0.05) is 26.0 Å². The fourth-order valence-corrected chi connectivity index (χ4v) is 2.86. The van der Waals surface area contributed by atoms with Crippen LogP contribution in [0.1, 0.15) is 26.3 Å². The lowest BCUT2D eigenvalue weighted by molar-refractivity contribution is -0.125. The number of hydrogen-bond donors (Lipinski definition) is 1. The first-order chi connectivity index (χ1) is 11.6. The van der Waals surface area contributed by atoms with E-state index in [1.807, 2.05) is 53.4 Å². The predicted octanol–water partition coefficient (Wildman–Crippen LogP) is 3.03. The van der Waals surface area contributed by atoms with Crippen LogP contribution in [0, 0.1) is 5.92 Å². The van der Waals surface area contributed by atoms with Crippen molar-refractivity contribution in [3.8, 4) is 11.5 Å². The number of aromatic nitrogens is 1.